The predicted octanol–water partition coefficient (Wildman–Crippen LogP) is 2.08. The van der Waals surface area contributed by atoms with Gasteiger partial charge in [0.25, 0.3) is 0 Å². The van der Waals surface area contributed by atoms with Gasteiger partial charge in [0.05, 0.1) is 24.7 Å². The number of methoxy groups -OCH3 is 2. The van der Waals surface area contributed by atoms with Gasteiger partial charge in [-0.25, -0.2) is 0 Å². The Balaban J connectivity index is 3.04. The molecule has 1 rings (SSSR count). The highest BCUT2D eigenvalue weighted by Crippen LogP contribution is 2.26. The SMILES string of the molecule is COCC(Nc1nc(OC)ccc1[N+](=O)[O-])C(C)C. The minimum atomic E-state index is -0.473. The fourth-order valence-electron chi connectivity index (χ4n) is 1.56. The Morgan fingerprint density at radius 3 is 2.58 bits per heavy atom. The second-order valence-corrected chi connectivity index (χ2v) is 4.43. The number of nitrogens with one attached hydrogen (secondary N) is 1. The van der Waals surface area contributed by atoms with Gasteiger partial charge in [0, 0.05) is 19.2 Å². The molecule has 0 amide bonds. The van der Waals surface area contributed by atoms with Crippen molar-refractivity contribution in [2.45, 2.75) is 19.9 Å². The first kappa shape index (κ1) is 15.2. The van der Waals surface area contributed by atoms with E-state index < -0.39 is 4.92 Å². The van der Waals surface area contributed by atoms with Crippen molar-refractivity contribution >= 4 is 11.5 Å². The molecular formula is C12H19N3O4. The number of hydrogen-bond donors (Lipinski definition) is 1. The molecule has 0 bridgehead atoms. The maximum absolute atomic E-state index is 11.0. The summed E-state index contributed by atoms with van der Waals surface area (Å²) in [6.45, 7) is 4.44. The minimum absolute atomic E-state index is 0.0664. The molecular weight excluding hydrogens is 250 g/mol. The normalized spacial score (nSPS) is 12.3. The van der Waals surface area contributed by atoms with Gasteiger partial charge >= 0.3 is 5.69 Å². The summed E-state index contributed by atoms with van der Waals surface area (Å²) in [5, 5.41) is 14.0. The van der Waals surface area contributed by atoms with Crippen LogP contribution in [0, 0.1) is 16.0 Å². The molecule has 1 aromatic rings. The number of anilines is 1. The molecule has 1 unspecified atom stereocenters. The van der Waals surface area contributed by atoms with Crippen molar-refractivity contribution in [2.24, 2.45) is 5.92 Å². The van der Waals surface area contributed by atoms with E-state index in [9.17, 15) is 10.1 Å². The summed E-state index contributed by atoms with van der Waals surface area (Å²) in [7, 11) is 3.05. The molecule has 0 aliphatic rings. The Hall–Kier alpha value is -1.89. The minimum Gasteiger partial charge on any atom is -0.481 e. The molecule has 7 heteroatoms. The number of pyridine rings is 1. The Labute approximate surface area is 112 Å². The average molecular weight is 269 g/mol. The van der Waals surface area contributed by atoms with Crippen LogP contribution in [0.15, 0.2) is 12.1 Å². The van der Waals surface area contributed by atoms with E-state index in [2.05, 4.69) is 10.3 Å². The molecule has 0 aliphatic carbocycles. The average Bonchev–Trinajstić information content (AvgIpc) is 2.37. The molecule has 0 saturated heterocycles. The van der Waals surface area contributed by atoms with Crippen LogP contribution in [0.3, 0.4) is 0 Å². The van der Waals surface area contributed by atoms with E-state index in [-0.39, 0.29) is 23.5 Å². The van der Waals surface area contributed by atoms with Gasteiger partial charge < -0.3 is 14.8 Å². The summed E-state index contributed by atoms with van der Waals surface area (Å²) in [6, 6.07) is 2.77. The van der Waals surface area contributed by atoms with Crippen molar-refractivity contribution in [3.8, 4) is 5.88 Å². The lowest BCUT2D eigenvalue weighted by Gasteiger charge is -2.22. The van der Waals surface area contributed by atoms with Crippen LogP contribution < -0.4 is 10.1 Å². The zero-order valence-electron chi connectivity index (χ0n) is 11.5. The van der Waals surface area contributed by atoms with Crippen molar-refractivity contribution in [3.63, 3.8) is 0 Å². The van der Waals surface area contributed by atoms with Crippen LogP contribution >= 0.6 is 0 Å². The van der Waals surface area contributed by atoms with Crippen molar-refractivity contribution in [1.29, 1.82) is 0 Å². The Morgan fingerprint density at radius 1 is 1.42 bits per heavy atom. The van der Waals surface area contributed by atoms with Crippen LogP contribution in [0.4, 0.5) is 11.5 Å². The van der Waals surface area contributed by atoms with Crippen LogP contribution in [0.2, 0.25) is 0 Å². The van der Waals surface area contributed by atoms with E-state index in [0.717, 1.165) is 0 Å². The van der Waals surface area contributed by atoms with E-state index in [1.165, 1.54) is 19.2 Å². The Morgan fingerprint density at radius 2 is 2.11 bits per heavy atom. The number of ether oxygens (including phenoxy) is 2. The lowest BCUT2D eigenvalue weighted by Crippen LogP contribution is -2.31. The molecule has 0 aromatic carbocycles. The van der Waals surface area contributed by atoms with Crippen LogP contribution in [-0.4, -0.2) is 36.8 Å². The molecule has 0 radical (unpaired) electrons. The van der Waals surface area contributed by atoms with Crippen LogP contribution in [0.5, 0.6) is 5.88 Å². The van der Waals surface area contributed by atoms with Crippen LogP contribution in [-0.2, 0) is 4.74 Å². The van der Waals surface area contributed by atoms with Crippen molar-refractivity contribution in [3.05, 3.63) is 22.2 Å². The van der Waals surface area contributed by atoms with Crippen molar-refractivity contribution < 1.29 is 14.4 Å². The molecule has 0 fully saturated rings. The zero-order chi connectivity index (χ0) is 14.4. The number of aromatic nitrogens is 1. The van der Waals surface area contributed by atoms with E-state index in [1.807, 2.05) is 13.8 Å². The summed E-state index contributed by atoms with van der Waals surface area (Å²) < 4.78 is 10.1. The monoisotopic (exact) mass is 269 g/mol. The lowest BCUT2D eigenvalue weighted by molar-refractivity contribution is -0.384. The fourth-order valence-corrected chi connectivity index (χ4v) is 1.56. The molecule has 1 heterocycles. The first-order valence-corrected chi connectivity index (χ1v) is 5.94. The first-order chi connectivity index (χ1) is 8.99. The highest BCUT2D eigenvalue weighted by molar-refractivity contribution is 5.57. The topological polar surface area (TPSA) is 86.5 Å². The van der Waals surface area contributed by atoms with Crippen LogP contribution in [0.1, 0.15) is 13.8 Å². The smallest absolute Gasteiger partial charge is 0.311 e. The van der Waals surface area contributed by atoms with Gasteiger partial charge in [-0.2, -0.15) is 4.98 Å². The zero-order valence-corrected chi connectivity index (χ0v) is 11.5. The number of nitro groups is 1. The summed E-state index contributed by atoms with van der Waals surface area (Å²) in [5.74, 6) is 0.765. The van der Waals surface area contributed by atoms with Gasteiger partial charge in [0.1, 0.15) is 0 Å². The van der Waals surface area contributed by atoms with Gasteiger partial charge in [-0.1, -0.05) is 13.8 Å². The molecule has 106 valence electrons. The van der Waals surface area contributed by atoms with Gasteiger partial charge in [-0.3, -0.25) is 10.1 Å². The predicted molar refractivity (Wildman–Crippen MR) is 71.6 cm³/mol. The van der Waals surface area contributed by atoms with E-state index in [1.54, 1.807) is 7.11 Å². The Kier molecular flexibility index (Phi) is 5.50. The molecule has 19 heavy (non-hydrogen) atoms. The number of nitrogens with zero attached hydrogens (tertiary/aromatic N) is 2. The van der Waals surface area contributed by atoms with Crippen LogP contribution in [0.25, 0.3) is 0 Å². The molecule has 0 spiro atoms. The van der Waals surface area contributed by atoms with Gasteiger partial charge in [-0.15, -0.1) is 0 Å². The Bertz CT molecular complexity index is 437. The highest BCUT2D eigenvalue weighted by Gasteiger charge is 2.21. The third kappa shape index (κ3) is 4.06. The third-order valence-electron chi connectivity index (χ3n) is 2.73. The maximum Gasteiger partial charge on any atom is 0.311 e. The van der Waals surface area contributed by atoms with E-state index in [4.69, 9.17) is 9.47 Å². The second-order valence-electron chi connectivity index (χ2n) is 4.43. The van der Waals surface area contributed by atoms with E-state index in [0.29, 0.717) is 12.5 Å². The van der Waals surface area contributed by atoms with Gasteiger partial charge in [-0.05, 0) is 5.92 Å². The standard InChI is InChI=1S/C12H19N3O4/c1-8(2)9(7-18-3)13-12-10(15(16)17)5-6-11(14-12)19-4/h5-6,8-9H,7H2,1-4H3,(H,13,14). The van der Waals surface area contributed by atoms with Gasteiger partial charge in [0.15, 0.2) is 0 Å². The number of rotatable bonds is 7. The molecule has 1 N–H and O–H groups in total. The van der Waals surface area contributed by atoms with E-state index >= 15 is 0 Å². The van der Waals surface area contributed by atoms with Crippen molar-refractivity contribution in [1.82, 2.24) is 4.98 Å². The summed E-state index contributed by atoms with van der Waals surface area (Å²) >= 11 is 0. The number of hydrogen-bond acceptors (Lipinski definition) is 6. The van der Waals surface area contributed by atoms with Gasteiger partial charge in [0.2, 0.25) is 11.7 Å². The maximum atomic E-state index is 11.0. The first-order valence-electron chi connectivity index (χ1n) is 5.94. The third-order valence-corrected chi connectivity index (χ3v) is 2.73. The highest BCUT2D eigenvalue weighted by atomic mass is 16.6. The molecule has 1 atom stereocenters. The molecule has 7 nitrogen and oxygen atoms in total. The summed E-state index contributed by atoms with van der Waals surface area (Å²) in [5.41, 5.74) is -0.0810. The fraction of sp³-hybridized carbons (Fsp3) is 0.583. The summed E-state index contributed by atoms with van der Waals surface area (Å²) in [6.07, 6.45) is 0. The summed E-state index contributed by atoms with van der Waals surface area (Å²) in [4.78, 5) is 14.6. The lowest BCUT2D eigenvalue weighted by atomic mass is 10.1. The molecule has 1 aromatic heterocycles. The quantitative estimate of drug-likeness (QED) is 0.602. The molecule has 0 saturated carbocycles. The van der Waals surface area contributed by atoms with Crippen molar-refractivity contribution in [2.75, 3.05) is 26.1 Å². The largest absolute Gasteiger partial charge is 0.481 e. The second kappa shape index (κ2) is 6.89. The molecule has 0 aliphatic heterocycles.